The van der Waals surface area contributed by atoms with Gasteiger partial charge in [0.25, 0.3) is 5.24 Å². The Hall–Kier alpha value is -1.35. The average Bonchev–Trinajstić information content (AvgIpc) is 2.46. The van der Waals surface area contributed by atoms with E-state index in [0.717, 1.165) is 5.65 Å². The number of carbonyl (C=O) groups is 1. The second-order valence-electron chi connectivity index (χ2n) is 2.37. The fraction of sp³-hybridized carbons (Fsp3) is 0. The molecule has 0 saturated heterocycles. The number of pyridine rings is 1. The zero-order valence-electron chi connectivity index (χ0n) is 6.07. The number of hydrogen-bond donors (Lipinski definition) is 0. The molecule has 0 unspecified atom stereocenters. The third kappa shape index (κ3) is 1.08. The highest BCUT2D eigenvalue weighted by Crippen LogP contribution is 2.06. The maximum atomic E-state index is 10.7. The first-order valence-electron chi connectivity index (χ1n) is 3.41. The summed E-state index contributed by atoms with van der Waals surface area (Å²) in [6, 6.07) is 5.52. The van der Waals surface area contributed by atoms with Gasteiger partial charge >= 0.3 is 0 Å². The van der Waals surface area contributed by atoms with Gasteiger partial charge < -0.3 is 4.40 Å². The Morgan fingerprint density at radius 3 is 3.00 bits per heavy atom. The standard InChI is InChI=1S/C8H5ClN2O/c9-8(12)6-5-11-4-2-1-3-7(11)10-6/h1-5H. The molecule has 2 aromatic rings. The molecule has 0 bridgehead atoms. The van der Waals surface area contributed by atoms with Gasteiger partial charge in [0, 0.05) is 12.4 Å². The minimum atomic E-state index is -0.529. The molecule has 2 rings (SSSR count). The van der Waals surface area contributed by atoms with Crippen LogP contribution in [0.5, 0.6) is 0 Å². The van der Waals surface area contributed by atoms with Gasteiger partial charge in [-0.05, 0) is 23.7 Å². The van der Waals surface area contributed by atoms with E-state index in [9.17, 15) is 4.79 Å². The number of rotatable bonds is 1. The molecule has 3 nitrogen and oxygen atoms in total. The summed E-state index contributed by atoms with van der Waals surface area (Å²) in [5, 5.41) is -0.529. The maximum Gasteiger partial charge on any atom is 0.272 e. The van der Waals surface area contributed by atoms with Crippen LogP contribution in [0.2, 0.25) is 0 Å². The lowest BCUT2D eigenvalue weighted by Gasteiger charge is -1.86. The Bertz CT molecular complexity index is 402. The minimum absolute atomic E-state index is 0.280. The summed E-state index contributed by atoms with van der Waals surface area (Å²) in [4.78, 5) is 14.7. The van der Waals surface area contributed by atoms with Gasteiger partial charge in [0.1, 0.15) is 11.3 Å². The van der Waals surface area contributed by atoms with E-state index in [-0.39, 0.29) is 5.69 Å². The first kappa shape index (κ1) is 7.31. The van der Waals surface area contributed by atoms with Crippen molar-refractivity contribution in [3.8, 4) is 0 Å². The number of nitrogens with zero attached hydrogens (tertiary/aromatic N) is 2. The van der Waals surface area contributed by atoms with Crippen molar-refractivity contribution in [1.29, 1.82) is 0 Å². The van der Waals surface area contributed by atoms with Crippen molar-refractivity contribution in [3.63, 3.8) is 0 Å². The Kier molecular flexibility index (Phi) is 1.59. The molecule has 0 aliphatic carbocycles. The minimum Gasteiger partial charge on any atom is -0.306 e. The van der Waals surface area contributed by atoms with Crippen molar-refractivity contribution < 1.29 is 4.79 Å². The van der Waals surface area contributed by atoms with E-state index < -0.39 is 5.24 Å². The summed E-state index contributed by atoms with van der Waals surface area (Å²) in [6.45, 7) is 0. The fourth-order valence-electron chi connectivity index (χ4n) is 1.03. The molecule has 12 heavy (non-hydrogen) atoms. The number of halogens is 1. The average molecular weight is 181 g/mol. The molecule has 2 heterocycles. The van der Waals surface area contributed by atoms with Crippen LogP contribution in [0.15, 0.2) is 30.6 Å². The van der Waals surface area contributed by atoms with Crippen LogP contribution in [0, 0.1) is 0 Å². The van der Waals surface area contributed by atoms with Crippen molar-refractivity contribution in [1.82, 2.24) is 9.38 Å². The summed E-state index contributed by atoms with van der Waals surface area (Å²) in [5.74, 6) is 0. The molecular weight excluding hydrogens is 176 g/mol. The quantitative estimate of drug-likeness (QED) is 0.627. The summed E-state index contributed by atoms with van der Waals surface area (Å²) in [6.07, 6.45) is 3.41. The normalized spacial score (nSPS) is 10.4. The van der Waals surface area contributed by atoms with E-state index in [4.69, 9.17) is 11.6 Å². The van der Waals surface area contributed by atoms with Crippen molar-refractivity contribution in [2.75, 3.05) is 0 Å². The molecule has 0 aliphatic heterocycles. The van der Waals surface area contributed by atoms with E-state index in [1.807, 2.05) is 24.4 Å². The smallest absolute Gasteiger partial charge is 0.272 e. The van der Waals surface area contributed by atoms with Gasteiger partial charge in [-0.2, -0.15) is 0 Å². The van der Waals surface area contributed by atoms with Crippen LogP contribution in [0.4, 0.5) is 0 Å². The molecular formula is C8H5ClN2O. The van der Waals surface area contributed by atoms with Crippen molar-refractivity contribution in [2.45, 2.75) is 0 Å². The molecule has 0 N–H and O–H groups in total. The van der Waals surface area contributed by atoms with Crippen molar-refractivity contribution >= 4 is 22.5 Å². The lowest BCUT2D eigenvalue weighted by Crippen LogP contribution is -1.86. The predicted octanol–water partition coefficient (Wildman–Crippen LogP) is 1.71. The second-order valence-corrected chi connectivity index (χ2v) is 2.71. The molecule has 60 valence electrons. The van der Waals surface area contributed by atoms with Crippen LogP contribution in [-0.4, -0.2) is 14.6 Å². The van der Waals surface area contributed by atoms with Gasteiger partial charge in [-0.3, -0.25) is 4.79 Å². The molecule has 0 fully saturated rings. The van der Waals surface area contributed by atoms with Crippen molar-refractivity contribution in [3.05, 3.63) is 36.3 Å². The summed E-state index contributed by atoms with van der Waals surface area (Å²) < 4.78 is 1.75. The van der Waals surface area contributed by atoms with Gasteiger partial charge in [-0.15, -0.1) is 0 Å². The van der Waals surface area contributed by atoms with Gasteiger partial charge in [0.05, 0.1) is 0 Å². The number of fused-ring (bicyclic) bond motifs is 1. The molecule has 0 atom stereocenters. The highest BCUT2D eigenvalue weighted by Gasteiger charge is 2.05. The Morgan fingerprint density at radius 1 is 1.50 bits per heavy atom. The van der Waals surface area contributed by atoms with Gasteiger partial charge in [0.15, 0.2) is 0 Å². The zero-order valence-corrected chi connectivity index (χ0v) is 6.82. The Morgan fingerprint density at radius 2 is 2.33 bits per heavy atom. The summed E-state index contributed by atoms with van der Waals surface area (Å²) >= 11 is 5.26. The van der Waals surface area contributed by atoms with E-state index in [0.29, 0.717) is 0 Å². The molecule has 0 aliphatic rings. The molecule has 0 saturated carbocycles. The second kappa shape index (κ2) is 2.60. The van der Waals surface area contributed by atoms with E-state index in [2.05, 4.69) is 4.98 Å². The highest BCUT2D eigenvalue weighted by molar-refractivity contribution is 6.67. The van der Waals surface area contributed by atoms with E-state index in [1.165, 1.54) is 0 Å². The molecule has 2 aromatic heterocycles. The van der Waals surface area contributed by atoms with Crippen LogP contribution in [0.1, 0.15) is 10.5 Å². The van der Waals surface area contributed by atoms with Crippen molar-refractivity contribution in [2.24, 2.45) is 0 Å². The van der Waals surface area contributed by atoms with Crippen LogP contribution in [0.25, 0.3) is 5.65 Å². The third-order valence-electron chi connectivity index (χ3n) is 1.57. The first-order chi connectivity index (χ1) is 5.77. The highest BCUT2D eigenvalue weighted by atomic mass is 35.5. The van der Waals surface area contributed by atoms with Crippen LogP contribution in [-0.2, 0) is 0 Å². The molecule has 0 amide bonds. The zero-order chi connectivity index (χ0) is 8.55. The summed E-state index contributed by atoms with van der Waals surface area (Å²) in [5.41, 5.74) is 1.00. The lowest BCUT2D eigenvalue weighted by molar-refractivity contribution is 0.107. The number of hydrogen-bond acceptors (Lipinski definition) is 2. The number of carbonyl (C=O) groups excluding carboxylic acids is 1. The van der Waals surface area contributed by atoms with Crippen LogP contribution >= 0.6 is 11.6 Å². The molecule has 0 aromatic carbocycles. The van der Waals surface area contributed by atoms with Gasteiger partial charge in [0.2, 0.25) is 0 Å². The molecule has 4 heteroatoms. The summed E-state index contributed by atoms with van der Waals surface area (Å²) in [7, 11) is 0. The maximum absolute atomic E-state index is 10.7. The van der Waals surface area contributed by atoms with E-state index in [1.54, 1.807) is 10.6 Å². The predicted molar refractivity (Wildman–Crippen MR) is 45.4 cm³/mol. The largest absolute Gasteiger partial charge is 0.306 e. The van der Waals surface area contributed by atoms with Crippen LogP contribution in [0.3, 0.4) is 0 Å². The molecule has 0 spiro atoms. The van der Waals surface area contributed by atoms with E-state index >= 15 is 0 Å². The SMILES string of the molecule is O=C(Cl)c1cn2ccccc2n1. The van der Waals surface area contributed by atoms with Crippen LogP contribution < -0.4 is 0 Å². The third-order valence-corrected chi connectivity index (χ3v) is 1.76. The molecule has 0 radical (unpaired) electrons. The van der Waals surface area contributed by atoms with Gasteiger partial charge in [-0.25, -0.2) is 4.98 Å². The first-order valence-corrected chi connectivity index (χ1v) is 3.79. The number of aromatic nitrogens is 2. The lowest BCUT2D eigenvalue weighted by atomic mass is 10.5. The number of imidazole rings is 1. The Balaban J connectivity index is 2.70. The monoisotopic (exact) mass is 180 g/mol. The topological polar surface area (TPSA) is 34.4 Å². The van der Waals surface area contributed by atoms with Gasteiger partial charge in [-0.1, -0.05) is 6.07 Å². The Labute approximate surface area is 73.6 Å². The fourth-order valence-corrected chi connectivity index (χ4v) is 1.12.